The Morgan fingerprint density at radius 1 is 1.22 bits per heavy atom. The Hall–Kier alpha value is -2.11. The van der Waals surface area contributed by atoms with Gasteiger partial charge >= 0.3 is 5.97 Å². The van der Waals surface area contributed by atoms with Crippen LogP contribution in [0.3, 0.4) is 0 Å². The van der Waals surface area contributed by atoms with Gasteiger partial charge < -0.3 is 15.4 Å². The number of aliphatic imine (C=N–C) groups is 1. The minimum Gasteiger partial charge on any atom is -0.466 e. The number of unbranched alkanes of at least 4 members (excludes halogenated alkanes) is 3. The van der Waals surface area contributed by atoms with E-state index in [0.717, 1.165) is 43.9 Å². The Morgan fingerprint density at radius 2 is 2.04 bits per heavy atom. The standard InChI is InChI=1S/C17H28N4O2/c1-3-23-16(22)11-6-4-5-8-13-20-17(18-2)21-14-15-10-7-9-12-19-15/h7,9-10,12H,3-6,8,11,13-14H2,1-2H3,(H2,18,20,21). The molecule has 0 aliphatic carbocycles. The number of pyridine rings is 1. The first-order valence-corrected chi connectivity index (χ1v) is 8.26. The third-order valence-electron chi connectivity index (χ3n) is 3.29. The molecule has 6 nitrogen and oxygen atoms in total. The van der Waals surface area contributed by atoms with Crippen LogP contribution in [0.4, 0.5) is 0 Å². The molecule has 0 bridgehead atoms. The predicted molar refractivity (Wildman–Crippen MR) is 92.2 cm³/mol. The van der Waals surface area contributed by atoms with Crippen LogP contribution in [-0.4, -0.2) is 37.1 Å². The third-order valence-corrected chi connectivity index (χ3v) is 3.29. The second-order valence-corrected chi connectivity index (χ2v) is 5.14. The van der Waals surface area contributed by atoms with Crippen molar-refractivity contribution in [2.75, 3.05) is 20.2 Å². The number of ether oxygens (including phenoxy) is 1. The van der Waals surface area contributed by atoms with Gasteiger partial charge in [-0.2, -0.15) is 0 Å². The van der Waals surface area contributed by atoms with Gasteiger partial charge in [0.15, 0.2) is 5.96 Å². The molecule has 23 heavy (non-hydrogen) atoms. The first-order valence-electron chi connectivity index (χ1n) is 8.26. The van der Waals surface area contributed by atoms with Crippen LogP contribution in [0.15, 0.2) is 29.4 Å². The average Bonchev–Trinajstić information content (AvgIpc) is 2.58. The van der Waals surface area contributed by atoms with E-state index in [1.54, 1.807) is 13.2 Å². The molecule has 0 spiro atoms. The van der Waals surface area contributed by atoms with Crippen LogP contribution in [0.2, 0.25) is 0 Å². The van der Waals surface area contributed by atoms with E-state index in [4.69, 9.17) is 4.74 Å². The maximum absolute atomic E-state index is 11.2. The summed E-state index contributed by atoms with van der Waals surface area (Å²) in [5, 5.41) is 6.51. The van der Waals surface area contributed by atoms with E-state index < -0.39 is 0 Å². The van der Waals surface area contributed by atoms with Gasteiger partial charge in [0.25, 0.3) is 0 Å². The van der Waals surface area contributed by atoms with Gasteiger partial charge in [-0.15, -0.1) is 0 Å². The fraction of sp³-hybridized carbons (Fsp3) is 0.588. The lowest BCUT2D eigenvalue weighted by atomic mass is 10.1. The molecule has 0 saturated carbocycles. The molecular formula is C17H28N4O2. The number of hydrogen-bond donors (Lipinski definition) is 2. The van der Waals surface area contributed by atoms with Crippen LogP contribution in [-0.2, 0) is 16.1 Å². The maximum atomic E-state index is 11.2. The molecular weight excluding hydrogens is 292 g/mol. The summed E-state index contributed by atoms with van der Waals surface area (Å²) in [5.41, 5.74) is 0.981. The van der Waals surface area contributed by atoms with Crippen LogP contribution in [0.1, 0.15) is 44.7 Å². The van der Waals surface area contributed by atoms with Crippen LogP contribution >= 0.6 is 0 Å². The third kappa shape index (κ3) is 9.50. The molecule has 0 aliphatic rings. The first kappa shape index (κ1) is 18.9. The van der Waals surface area contributed by atoms with Crippen molar-refractivity contribution in [1.82, 2.24) is 15.6 Å². The minimum atomic E-state index is -0.0928. The van der Waals surface area contributed by atoms with Crippen molar-refractivity contribution in [3.05, 3.63) is 30.1 Å². The second-order valence-electron chi connectivity index (χ2n) is 5.14. The van der Waals surface area contributed by atoms with E-state index in [1.807, 2.05) is 25.1 Å². The smallest absolute Gasteiger partial charge is 0.305 e. The summed E-state index contributed by atoms with van der Waals surface area (Å²) in [6, 6.07) is 5.85. The number of nitrogens with zero attached hydrogens (tertiary/aromatic N) is 2. The van der Waals surface area contributed by atoms with E-state index in [1.165, 1.54) is 0 Å². The lowest BCUT2D eigenvalue weighted by Crippen LogP contribution is -2.37. The summed E-state index contributed by atoms with van der Waals surface area (Å²) in [7, 11) is 1.76. The fourth-order valence-corrected chi connectivity index (χ4v) is 2.09. The normalized spacial score (nSPS) is 11.1. The summed E-state index contributed by atoms with van der Waals surface area (Å²) in [6.07, 6.45) is 6.38. The van der Waals surface area contributed by atoms with Crippen molar-refractivity contribution in [2.45, 2.75) is 45.6 Å². The topological polar surface area (TPSA) is 75.6 Å². The highest BCUT2D eigenvalue weighted by Gasteiger charge is 2.01. The Bertz CT molecular complexity index is 463. The van der Waals surface area contributed by atoms with E-state index in [-0.39, 0.29) is 5.97 Å². The number of rotatable bonds is 10. The molecule has 1 aromatic heterocycles. The van der Waals surface area contributed by atoms with Crippen LogP contribution in [0.25, 0.3) is 0 Å². The molecule has 1 aromatic rings. The van der Waals surface area contributed by atoms with Crippen molar-refractivity contribution >= 4 is 11.9 Å². The zero-order chi connectivity index (χ0) is 16.8. The highest BCUT2D eigenvalue weighted by atomic mass is 16.5. The summed E-state index contributed by atoms with van der Waals surface area (Å²) in [5.74, 6) is 0.687. The number of aromatic nitrogens is 1. The predicted octanol–water partition coefficient (Wildman–Crippen LogP) is 2.26. The van der Waals surface area contributed by atoms with E-state index >= 15 is 0 Å². The largest absolute Gasteiger partial charge is 0.466 e. The van der Waals surface area contributed by atoms with Crippen LogP contribution < -0.4 is 10.6 Å². The Kier molecular flexibility index (Phi) is 10.2. The summed E-state index contributed by atoms with van der Waals surface area (Å²) in [4.78, 5) is 19.6. The molecule has 1 rings (SSSR count). The zero-order valence-corrected chi connectivity index (χ0v) is 14.2. The molecule has 6 heteroatoms. The molecule has 1 heterocycles. The maximum Gasteiger partial charge on any atom is 0.305 e. The van der Waals surface area contributed by atoms with Crippen molar-refractivity contribution in [1.29, 1.82) is 0 Å². The number of carbonyl (C=O) groups is 1. The number of guanidine groups is 1. The lowest BCUT2D eigenvalue weighted by Gasteiger charge is -2.11. The number of hydrogen-bond acceptors (Lipinski definition) is 4. The summed E-state index contributed by atoms with van der Waals surface area (Å²) >= 11 is 0. The van der Waals surface area contributed by atoms with Gasteiger partial charge in [-0.1, -0.05) is 18.9 Å². The Balaban J connectivity index is 2.04. The van der Waals surface area contributed by atoms with Crippen molar-refractivity contribution < 1.29 is 9.53 Å². The summed E-state index contributed by atoms with van der Waals surface area (Å²) < 4.78 is 4.90. The van der Waals surface area contributed by atoms with Gasteiger partial charge in [-0.3, -0.25) is 14.8 Å². The first-order chi connectivity index (χ1) is 11.3. The van der Waals surface area contributed by atoms with Gasteiger partial charge in [-0.05, 0) is 31.9 Å². The van der Waals surface area contributed by atoms with E-state index in [9.17, 15) is 4.79 Å². The monoisotopic (exact) mass is 320 g/mol. The average molecular weight is 320 g/mol. The lowest BCUT2D eigenvalue weighted by molar-refractivity contribution is -0.143. The van der Waals surface area contributed by atoms with Gasteiger partial charge in [0, 0.05) is 26.2 Å². The van der Waals surface area contributed by atoms with Crippen molar-refractivity contribution in [2.24, 2.45) is 4.99 Å². The van der Waals surface area contributed by atoms with Gasteiger partial charge in [0.2, 0.25) is 0 Å². The Morgan fingerprint density at radius 3 is 2.74 bits per heavy atom. The summed E-state index contributed by atoms with van der Waals surface area (Å²) in [6.45, 7) is 3.81. The minimum absolute atomic E-state index is 0.0928. The fourth-order valence-electron chi connectivity index (χ4n) is 2.09. The molecule has 0 unspecified atom stereocenters. The van der Waals surface area contributed by atoms with Crippen LogP contribution in [0.5, 0.6) is 0 Å². The zero-order valence-electron chi connectivity index (χ0n) is 14.2. The Labute approximate surface area is 138 Å². The van der Waals surface area contributed by atoms with E-state index in [0.29, 0.717) is 19.6 Å². The number of esters is 1. The highest BCUT2D eigenvalue weighted by molar-refractivity contribution is 5.79. The van der Waals surface area contributed by atoms with Crippen molar-refractivity contribution in [3.8, 4) is 0 Å². The molecule has 128 valence electrons. The van der Waals surface area contributed by atoms with Crippen LogP contribution in [0, 0.1) is 0 Å². The highest BCUT2D eigenvalue weighted by Crippen LogP contribution is 2.03. The van der Waals surface area contributed by atoms with Gasteiger partial charge in [0.05, 0.1) is 18.8 Å². The number of carbonyl (C=O) groups excluding carboxylic acids is 1. The molecule has 0 amide bonds. The molecule has 0 aliphatic heterocycles. The van der Waals surface area contributed by atoms with Crippen molar-refractivity contribution in [3.63, 3.8) is 0 Å². The van der Waals surface area contributed by atoms with Gasteiger partial charge in [-0.25, -0.2) is 0 Å². The molecule has 2 N–H and O–H groups in total. The quantitative estimate of drug-likeness (QED) is 0.299. The SMILES string of the molecule is CCOC(=O)CCCCCCNC(=NC)NCc1ccccn1. The van der Waals surface area contributed by atoms with E-state index in [2.05, 4.69) is 20.6 Å². The molecule has 0 saturated heterocycles. The number of nitrogens with one attached hydrogen (secondary N) is 2. The second kappa shape index (κ2) is 12.4. The van der Waals surface area contributed by atoms with Gasteiger partial charge in [0.1, 0.15) is 0 Å². The molecule has 0 aromatic carbocycles. The molecule has 0 radical (unpaired) electrons. The molecule has 0 fully saturated rings. The molecule has 0 atom stereocenters.